The number of rotatable bonds is 7. The highest BCUT2D eigenvalue weighted by Gasteiger charge is 2.22. The number of benzene rings is 1. The number of nitrogens with two attached hydrogens (primary N) is 1. The van der Waals surface area contributed by atoms with Gasteiger partial charge in [0.1, 0.15) is 6.04 Å². The number of aryl methyl sites for hydroxylation is 1. The van der Waals surface area contributed by atoms with Gasteiger partial charge in [-0.3, -0.25) is 4.79 Å². The number of carbonyl (C=O) groups excluding carboxylic acids is 1. The molecule has 1 unspecified atom stereocenters. The van der Waals surface area contributed by atoms with Crippen LogP contribution >= 0.6 is 0 Å². The highest BCUT2D eigenvalue weighted by Crippen LogP contribution is 2.32. The van der Waals surface area contributed by atoms with E-state index >= 15 is 0 Å². The molecule has 0 aliphatic heterocycles. The van der Waals surface area contributed by atoms with Crippen LogP contribution in [0.5, 0.6) is 0 Å². The van der Waals surface area contributed by atoms with Crippen LogP contribution in [0.3, 0.4) is 0 Å². The standard InChI is InChI=1S/C15H21NO2/c16-14(9-8-12-4-2-1-3-5-12)15(17)18-11-10-13-6-7-13/h1-5,13-14H,6-11,16H2. The topological polar surface area (TPSA) is 52.3 Å². The lowest BCUT2D eigenvalue weighted by Crippen LogP contribution is -2.33. The molecule has 1 aromatic rings. The predicted octanol–water partition coefficient (Wildman–Crippen LogP) is 2.29. The molecule has 1 atom stereocenters. The summed E-state index contributed by atoms with van der Waals surface area (Å²) in [5, 5.41) is 0. The Labute approximate surface area is 108 Å². The molecule has 0 radical (unpaired) electrons. The molecule has 0 amide bonds. The molecule has 0 aromatic heterocycles. The maximum atomic E-state index is 11.6. The summed E-state index contributed by atoms with van der Waals surface area (Å²) in [5.41, 5.74) is 7.03. The van der Waals surface area contributed by atoms with E-state index in [9.17, 15) is 4.79 Å². The maximum Gasteiger partial charge on any atom is 0.322 e. The lowest BCUT2D eigenvalue weighted by molar-refractivity contribution is -0.145. The van der Waals surface area contributed by atoms with Crippen molar-refractivity contribution in [2.24, 2.45) is 11.7 Å². The van der Waals surface area contributed by atoms with Gasteiger partial charge in [-0.05, 0) is 30.7 Å². The minimum Gasteiger partial charge on any atom is -0.465 e. The number of esters is 1. The van der Waals surface area contributed by atoms with Crippen molar-refractivity contribution in [3.8, 4) is 0 Å². The van der Waals surface area contributed by atoms with Gasteiger partial charge < -0.3 is 10.5 Å². The van der Waals surface area contributed by atoms with Gasteiger partial charge >= 0.3 is 5.97 Å². The Hall–Kier alpha value is -1.35. The third kappa shape index (κ3) is 4.49. The largest absolute Gasteiger partial charge is 0.465 e. The lowest BCUT2D eigenvalue weighted by atomic mass is 10.1. The van der Waals surface area contributed by atoms with E-state index in [1.54, 1.807) is 0 Å². The van der Waals surface area contributed by atoms with Crippen LogP contribution in [-0.4, -0.2) is 18.6 Å². The first-order valence-corrected chi connectivity index (χ1v) is 6.72. The van der Waals surface area contributed by atoms with Crippen molar-refractivity contribution in [2.75, 3.05) is 6.61 Å². The summed E-state index contributed by atoms with van der Waals surface area (Å²) in [4.78, 5) is 11.6. The summed E-state index contributed by atoms with van der Waals surface area (Å²) in [6.07, 6.45) is 5.04. The highest BCUT2D eigenvalue weighted by molar-refractivity contribution is 5.75. The molecule has 18 heavy (non-hydrogen) atoms. The molecule has 1 fully saturated rings. The second-order valence-corrected chi connectivity index (χ2v) is 5.03. The molecule has 0 saturated heterocycles. The van der Waals surface area contributed by atoms with Gasteiger partial charge in [-0.2, -0.15) is 0 Å². The number of carbonyl (C=O) groups is 1. The Morgan fingerprint density at radius 2 is 2.06 bits per heavy atom. The van der Waals surface area contributed by atoms with Gasteiger partial charge in [-0.1, -0.05) is 43.2 Å². The maximum absolute atomic E-state index is 11.6. The van der Waals surface area contributed by atoms with Gasteiger partial charge in [0, 0.05) is 0 Å². The SMILES string of the molecule is NC(CCc1ccccc1)C(=O)OCCC1CC1. The third-order valence-corrected chi connectivity index (χ3v) is 3.36. The fraction of sp³-hybridized carbons (Fsp3) is 0.533. The summed E-state index contributed by atoms with van der Waals surface area (Å²) in [6.45, 7) is 0.530. The number of hydrogen-bond donors (Lipinski definition) is 1. The van der Waals surface area contributed by atoms with Gasteiger partial charge in [-0.15, -0.1) is 0 Å². The van der Waals surface area contributed by atoms with Crippen molar-refractivity contribution in [3.63, 3.8) is 0 Å². The molecular formula is C15H21NO2. The summed E-state index contributed by atoms with van der Waals surface area (Å²) < 4.78 is 5.18. The molecule has 2 N–H and O–H groups in total. The first-order valence-electron chi connectivity index (χ1n) is 6.72. The molecule has 1 aliphatic rings. The van der Waals surface area contributed by atoms with Crippen molar-refractivity contribution >= 4 is 5.97 Å². The van der Waals surface area contributed by atoms with Gasteiger partial charge in [-0.25, -0.2) is 0 Å². The van der Waals surface area contributed by atoms with Crippen molar-refractivity contribution in [3.05, 3.63) is 35.9 Å². The van der Waals surface area contributed by atoms with Gasteiger partial charge in [0.2, 0.25) is 0 Å². The van der Waals surface area contributed by atoms with E-state index in [1.807, 2.05) is 30.3 Å². The molecule has 1 aromatic carbocycles. The van der Waals surface area contributed by atoms with E-state index in [0.29, 0.717) is 13.0 Å². The Balaban J connectivity index is 1.63. The first-order chi connectivity index (χ1) is 8.75. The fourth-order valence-electron chi connectivity index (χ4n) is 1.92. The second kappa shape index (κ2) is 6.55. The van der Waals surface area contributed by atoms with E-state index in [1.165, 1.54) is 18.4 Å². The molecule has 0 bridgehead atoms. The van der Waals surface area contributed by atoms with Crippen molar-refractivity contribution < 1.29 is 9.53 Å². The predicted molar refractivity (Wildman–Crippen MR) is 71.0 cm³/mol. The van der Waals surface area contributed by atoms with Crippen LogP contribution in [0.2, 0.25) is 0 Å². The molecule has 3 nitrogen and oxygen atoms in total. The zero-order chi connectivity index (χ0) is 12.8. The Morgan fingerprint density at radius 3 is 2.72 bits per heavy atom. The van der Waals surface area contributed by atoms with E-state index in [-0.39, 0.29) is 5.97 Å². The van der Waals surface area contributed by atoms with Crippen LogP contribution in [0.25, 0.3) is 0 Å². The van der Waals surface area contributed by atoms with Crippen LogP contribution in [0.1, 0.15) is 31.2 Å². The third-order valence-electron chi connectivity index (χ3n) is 3.36. The van der Waals surface area contributed by atoms with Crippen LogP contribution in [0.4, 0.5) is 0 Å². The number of ether oxygens (including phenoxy) is 1. The molecule has 2 rings (SSSR count). The minimum absolute atomic E-state index is 0.258. The van der Waals surface area contributed by atoms with Crippen LogP contribution < -0.4 is 5.73 Å². The fourth-order valence-corrected chi connectivity index (χ4v) is 1.92. The average Bonchev–Trinajstić information content (AvgIpc) is 3.21. The molecule has 0 spiro atoms. The molecule has 0 heterocycles. The van der Waals surface area contributed by atoms with E-state index in [4.69, 9.17) is 10.5 Å². The van der Waals surface area contributed by atoms with Gasteiger partial charge in [0.25, 0.3) is 0 Å². The second-order valence-electron chi connectivity index (χ2n) is 5.03. The smallest absolute Gasteiger partial charge is 0.322 e. The Bertz CT molecular complexity index is 373. The van der Waals surface area contributed by atoms with E-state index in [2.05, 4.69) is 0 Å². The molecule has 98 valence electrons. The van der Waals surface area contributed by atoms with Crippen molar-refractivity contribution in [1.29, 1.82) is 0 Å². The molecular weight excluding hydrogens is 226 g/mol. The average molecular weight is 247 g/mol. The lowest BCUT2D eigenvalue weighted by Gasteiger charge is -2.11. The van der Waals surface area contributed by atoms with E-state index < -0.39 is 6.04 Å². The number of hydrogen-bond acceptors (Lipinski definition) is 3. The molecule has 1 saturated carbocycles. The summed E-state index contributed by atoms with van der Waals surface area (Å²) >= 11 is 0. The zero-order valence-electron chi connectivity index (χ0n) is 10.7. The Kier molecular flexibility index (Phi) is 4.76. The van der Waals surface area contributed by atoms with Gasteiger partial charge in [0.05, 0.1) is 6.61 Å². The highest BCUT2D eigenvalue weighted by atomic mass is 16.5. The Morgan fingerprint density at radius 1 is 1.33 bits per heavy atom. The van der Waals surface area contributed by atoms with E-state index in [0.717, 1.165) is 18.8 Å². The zero-order valence-corrected chi connectivity index (χ0v) is 10.7. The normalized spacial score (nSPS) is 16.3. The van der Waals surface area contributed by atoms with Crippen LogP contribution in [-0.2, 0) is 16.0 Å². The monoisotopic (exact) mass is 247 g/mol. The van der Waals surface area contributed by atoms with Crippen LogP contribution in [0, 0.1) is 5.92 Å². The minimum atomic E-state index is -0.496. The van der Waals surface area contributed by atoms with Crippen molar-refractivity contribution in [2.45, 2.75) is 38.1 Å². The van der Waals surface area contributed by atoms with Crippen molar-refractivity contribution in [1.82, 2.24) is 0 Å². The summed E-state index contributed by atoms with van der Waals surface area (Å²) in [7, 11) is 0. The molecule has 1 aliphatic carbocycles. The van der Waals surface area contributed by atoms with Crippen LogP contribution in [0.15, 0.2) is 30.3 Å². The molecule has 3 heteroatoms. The van der Waals surface area contributed by atoms with Gasteiger partial charge in [0.15, 0.2) is 0 Å². The quantitative estimate of drug-likeness (QED) is 0.752. The first kappa shape index (κ1) is 13.1. The summed E-state index contributed by atoms with van der Waals surface area (Å²) in [6, 6.07) is 9.57. The summed E-state index contributed by atoms with van der Waals surface area (Å²) in [5.74, 6) is 0.532.